The van der Waals surface area contributed by atoms with Gasteiger partial charge in [-0.15, -0.1) is 11.3 Å². The molecule has 2 aromatic carbocycles. The molecule has 0 saturated carbocycles. The van der Waals surface area contributed by atoms with E-state index in [0.29, 0.717) is 28.7 Å². The molecule has 0 saturated heterocycles. The van der Waals surface area contributed by atoms with Gasteiger partial charge in [-0.3, -0.25) is 4.79 Å². The number of carbonyl (C=O) groups excluding carboxylic acids is 2. The van der Waals surface area contributed by atoms with Crippen molar-refractivity contribution in [2.45, 2.75) is 47.0 Å². The van der Waals surface area contributed by atoms with Crippen LogP contribution in [0, 0.1) is 11.3 Å². The maximum absolute atomic E-state index is 13.1. The third-order valence-electron chi connectivity index (χ3n) is 6.45. The lowest BCUT2D eigenvalue weighted by Crippen LogP contribution is -2.26. The molecule has 1 amide bonds. The van der Waals surface area contributed by atoms with E-state index in [1.54, 1.807) is 6.92 Å². The van der Waals surface area contributed by atoms with E-state index in [9.17, 15) is 9.59 Å². The molecule has 0 spiro atoms. The summed E-state index contributed by atoms with van der Waals surface area (Å²) in [6, 6.07) is 17.6. The smallest absolute Gasteiger partial charge is 0.341 e. The molecule has 1 atom stereocenters. The number of carbonyl (C=O) groups is 2. The molecule has 0 radical (unpaired) electrons. The molecule has 1 unspecified atom stereocenters. The Morgan fingerprint density at radius 1 is 1.03 bits per heavy atom. The summed E-state index contributed by atoms with van der Waals surface area (Å²) >= 11 is 1.53. The maximum Gasteiger partial charge on any atom is 0.341 e. The Morgan fingerprint density at radius 3 is 2.33 bits per heavy atom. The molecular weight excluding hydrogens is 430 g/mol. The number of fused-ring (bicyclic) bond motifs is 1. The lowest BCUT2D eigenvalue weighted by atomic mass is 9.72. The Morgan fingerprint density at radius 2 is 1.70 bits per heavy atom. The number of anilines is 1. The second-order valence-corrected chi connectivity index (χ2v) is 10.7. The van der Waals surface area contributed by atoms with Gasteiger partial charge in [0, 0.05) is 10.4 Å². The van der Waals surface area contributed by atoms with Crippen molar-refractivity contribution in [3.63, 3.8) is 0 Å². The van der Waals surface area contributed by atoms with Crippen molar-refractivity contribution >= 4 is 28.2 Å². The number of benzene rings is 2. The number of nitrogens with one attached hydrogen (secondary N) is 1. The van der Waals surface area contributed by atoms with Crippen LogP contribution in [0.4, 0.5) is 5.00 Å². The van der Waals surface area contributed by atoms with E-state index in [1.165, 1.54) is 16.2 Å². The molecule has 1 aromatic heterocycles. The van der Waals surface area contributed by atoms with Gasteiger partial charge in [0.15, 0.2) is 0 Å². The van der Waals surface area contributed by atoms with Crippen molar-refractivity contribution in [1.82, 2.24) is 0 Å². The normalized spacial score (nSPS) is 15.6. The molecular formula is C28H31NO3S. The average Bonchev–Trinajstić information content (AvgIpc) is 3.16. The molecule has 5 heteroatoms. The molecule has 1 aliphatic carbocycles. The number of ether oxygens (including phenoxy) is 1. The van der Waals surface area contributed by atoms with Gasteiger partial charge in [-0.2, -0.15) is 0 Å². The fourth-order valence-corrected chi connectivity index (χ4v) is 5.76. The summed E-state index contributed by atoms with van der Waals surface area (Å²) in [5.74, 6) is -0.0159. The Labute approximate surface area is 200 Å². The highest BCUT2D eigenvalue weighted by molar-refractivity contribution is 7.17. The highest BCUT2D eigenvalue weighted by atomic mass is 32.1. The van der Waals surface area contributed by atoms with Gasteiger partial charge < -0.3 is 10.1 Å². The number of hydrogen-bond acceptors (Lipinski definition) is 4. The maximum atomic E-state index is 13.1. The first-order valence-electron chi connectivity index (χ1n) is 11.6. The lowest BCUT2D eigenvalue weighted by molar-refractivity contribution is 0.0526. The van der Waals surface area contributed by atoms with Gasteiger partial charge >= 0.3 is 5.97 Å². The van der Waals surface area contributed by atoms with Crippen LogP contribution < -0.4 is 5.32 Å². The first-order valence-corrected chi connectivity index (χ1v) is 12.4. The zero-order valence-electron chi connectivity index (χ0n) is 19.7. The van der Waals surface area contributed by atoms with Crippen LogP contribution >= 0.6 is 11.3 Å². The van der Waals surface area contributed by atoms with Crippen LogP contribution in [0.1, 0.15) is 65.3 Å². The Kier molecular flexibility index (Phi) is 6.71. The van der Waals surface area contributed by atoms with Crippen molar-refractivity contribution < 1.29 is 14.3 Å². The van der Waals surface area contributed by atoms with Crippen molar-refractivity contribution in [2.24, 2.45) is 11.3 Å². The summed E-state index contributed by atoms with van der Waals surface area (Å²) in [6.45, 7) is 8.92. The lowest BCUT2D eigenvalue weighted by Gasteiger charge is -2.33. The van der Waals surface area contributed by atoms with E-state index in [0.717, 1.165) is 36.0 Å². The van der Waals surface area contributed by atoms with Gasteiger partial charge in [0.05, 0.1) is 12.2 Å². The molecule has 3 aromatic rings. The number of thiophene rings is 1. The van der Waals surface area contributed by atoms with Crippen molar-refractivity contribution in [3.8, 4) is 11.1 Å². The minimum Gasteiger partial charge on any atom is -0.462 e. The predicted molar refractivity (Wildman–Crippen MR) is 135 cm³/mol. The fourth-order valence-electron chi connectivity index (χ4n) is 4.45. The first kappa shape index (κ1) is 23.2. The van der Waals surface area contributed by atoms with Gasteiger partial charge in [0.25, 0.3) is 5.91 Å². The molecule has 0 fully saturated rings. The second kappa shape index (κ2) is 9.52. The Balaban J connectivity index is 1.60. The van der Waals surface area contributed by atoms with Gasteiger partial charge in [-0.25, -0.2) is 4.79 Å². The fraction of sp³-hybridized carbons (Fsp3) is 0.357. The van der Waals surface area contributed by atoms with E-state index in [2.05, 4.69) is 26.1 Å². The van der Waals surface area contributed by atoms with Crippen LogP contribution in [0.5, 0.6) is 0 Å². The van der Waals surface area contributed by atoms with Gasteiger partial charge in [0.2, 0.25) is 0 Å². The number of hydrogen-bond donors (Lipinski definition) is 1. The summed E-state index contributed by atoms with van der Waals surface area (Å²) in [4.78, 5) is 27.1. The van der Waals surface area contributed by atoms with E-state index in [-0.39, 0.29) is 17.3 Å². The van der Waals surface area contributed by atoms with Crippen LogP contribution in [0.3, 0.4) is 0 Å². The van der Waals surface area contributed by atoms with Crippen LogP contribution in [0.2, 0.25) is 0 Å². The van der Waals surface area contributed by atoms with E-state index >= 15 is 0 Å². The van der Waals surface area contributed by atoms with Crippen LogP contribution in [0.15, 0.2) is 54.6 Å². The molecule has 33 heavy (non-hydrogen) atoms. The van der Waals surface area contributed by atoms with Crippen molar-refractivity contribution in [1.29, 1.82) is 0 Å². The zero-order chi connectivity index (χ0) is 23.6. The number of amides is 1. The number of esters is 1. The van der Waals surface area contributed by atoms with Gasteiger partial charge in [0.1, 0.15) is 5.00 Å². The minimum absolute atomic E-state index is 0.204. The molecule has 0 aliphatic heterocycles. The van der Waals surface area contributed by atoms with Crippen molar-refractivity contribution in [2.75, 3.05) is 11.9 Å². The Bertz CT molecular complexity index is 1140. The predicted octanol–water partition coefficient (Wildman–Crippen LogP) is 7.00. The minimum atomic E-state index is -0.348. The van der Waals surface area contributed by atoms with Crippen LogP contribution in [-0.2, 0) is 17.6 Å². The summed E-state index contributed by atoms with van der Waals surface area (Å²) in [6.07, 6.45) is 2.80. The molecule has 1 aliphatic rings. The van der Waals surface area contributed by atoms with Crippen LogP contribution in [-0.4, -0.2) is 18.5 Å². The SMILES string of the molecule is CCOC(=O)c1c(NC(=O)c2ccc(-c3ccccc3)cc2)sc2c1CCC(C(C)(C)C)C2. The molecule has 4 nitrogen and oxygen atoms in total. The van der Waals surface area contributed by atoms with E-state index in [1.807, 2.05) is 54.6 Å². The highest BCUT2D eigenvalue weighted by Crippen LogP contribution is 2.44. The third kappa shape index (κ3) is 5.03. The average molecular weight is 462 g/mol. The standard InChI is InChI=1S/C28H31NO3S/c1-5-32-27(31)24-22-16-15-21(28(2,3)4)17-23(22)33-26(24)29-25(30)20-13-11-19(12-14-20)18-9-7-6-8-10-18/h6-14,21H,5,15-17H2,1-4H3,(H,29,30). The largest absolute Gasteiger partial charge is 0.462 e. The Hall–Kier alpha value is -2.92. The molecule has 1 N–H and O–H groups in total. The summed E-state index contributed by atoms with van der Waals surface area (Å²) in [5.41, 5.74) is 4.51. The summed E-state index contributed by atoms with van der Waals surface area (Å²) < 4.78 is 5.36. The summed E-state index contributed by atoms with van der Waals surface area (Å²) in [5, 5.41) is 3.62. The van der Waals surface area contributed by atoms with E-state index in [4.69, 9.17) is 4.74 Å². The monoisotopic (exact) mass is 461 g/mol. The highest BCUT2D eigenvalue weighted by Gasteiger charge is 2.34. The molecule has 4 rings (SSSR count). The summed E-state index contributed by atoms with van der Waals surface area (Å²) in [7, 11) is 0. The number of rotatable bonds is 5. The molecule has 1 heterocycles. The molecule has 0 bridgehead atoms. The van der Waals surface area contributed by atoms with Gasteiger partial charge in [-0.05, 0) is 66.3 Å². The quantitative estimate of drug-likeness (QED) is 0.416. The zero-order valence-corrected chi connectivity index (χ0v) is 20.6. The van der Waals surface area contributed by atoms with Crippen LogP contribution in [0.25, 0.3) is 11.1 Å². The second-order valence-electron chi connectivity index (χ2n) is 9.63. The van der Waals surface area contributed by atoms with Gasteiger partial charge in [-0.1, -0.05) is 63.2 Å². The first-order chi connectivity index (χ1) is 15.8. The van der Waals surface area contributed by atoms with Crippen molar-refractivity contribution in [3.05, 3.63) is 76.2 Å². The third-order valence-corrected chi connectivity index (χ3v) is 7.62. The van der Waals surface area contributed by atoms with E-state index < -0.39 is 0 Å². The topological polar surface area (TPSA) is 55.4 Å². The molecule has 172 valence electrons.